The Bertz CT molecular complexity index is 432. The average molecular weight is 268 g/mol. The molecule has 0 amide bonds. The highest BCUT2D eigenvalue weighted by atomic mass is 16.6. The standard InChI is InChI=1S/C12H16N2O5/c1-2-19-12(16)8-13-7-11(15)9-3-5-10(6-4-9)14(17)18/h3-6,11,13,15H,2,7-8H2,1H3. The molecule has 2 N–H and O–H groups in total. The predicted octanol–water partition coefficient (Wildman–Crippen LogP) is 0.781. The van der Waals surface area contributed by atoms with Gasteiger partial charge in [-0.25, -0.2) is 0 Å². The molecule has 1 rings (SSSR count). The van der Waals surface area contributed by atoms with Crippen molar-refractivity contribution in [1.29, 1.82) is 0 Å². The Balaban J connectivity index is 2.43. The van der Waals surface area contributed by atoms with Crippen molar-refractivity contribution >= 4 is 11.7 Å². The first-order valence-electron chi connectivity index (χ1n) is 5.83. The minimum Gasteiger partial charge on any atom is -0.465 e. The number of ether oxygens (including phenoxy) is 1. The number of non-ortho nitro benzene ring substituents is 1. The van der Waals surface area contributed by atoms with Gasteiger partial charge in [-0.15, -0.1) is 0 Å². The molecule has 0 radical (unpaired) electrons. The summed E-state index contributed by atoms with van der Waals surface area (Å²) in [5, 5.41) is 23.0. The Hall–Kier alpha value is -1.99. The lowest BCUT2D eigenvalue weighted by Crippen LogP contribution is -2.28. The SMILES string of the molecule is CCOC(=O)CNCC(O)c1ccc([N+](=O)[O-])cc1. The molecule has 19 heavy (non-hydrogen) atoms. The normalized spacial score (nSPS) is 11.9. The van der Waals surface area contributed by atoms with Crippen LogP contribution in [0.5, 0.6) is 0 Å². The van der Waals surface area contributed by atoms with Crippen LogP contribution >= 0.6 is 0 Å². The maximum absolute atomic E-state index is 11.0. The fourth-order valence-corrected chi connectivity index (χ4v) is 1.46. The second-order valence-electron chi connectivity index (χ2n) is 3.80. The second kappa shape index (κ2) is 7.45. The lowest BCUT2D eigenvalue weighted by atomic mass is 10.1. The number of aliphatic hydroxyl groups excluding tert-OH is 1. The molecule has 0 spiro atoms. The van der Waals surface area contributed by atoms with Crippen LogP contribution in [0.3, 0.4) is 0 Å². The van der Waals surface area contributed by atoms with Crippen LogP contribution in [-0.4, -0.2) is 35.7 Å². The third-order valence-corrected chi connectivity index (χ3v) is 2.40. The summed E-state index contributed by atoms with van der Waals surface area (Å²) in [4.78, 5) is 21.0. The average Bonchev–Trinajstić information content (AvgIpc) is 2.39. The molecule has 0 aliphatic heterocycles. The van der Waals surface area contributed by atoms with Gasteiger partial charge in [0.2, 0.25) is 0 Å². The Kier molecular flexibility index (Phi) is 5.91. The molecule has 0 aliphatic carbocycles. The molecule has 0 aliphatic rings. The first-order valence-corrected chi connectivity index (χ1v) is 5.83. The van der Waals surface area contributed by atoms with E-state index >= 15 is 0 Å². The van der Waals surface area contributed by atoms with Crippen LogP contribution in [0.4, 0.5) is 5.69 Å². The first-order chi connectivity index (χ1) is 9.04. The molecular formula is C12H16N2O5. The fraction of sp³-hybridized carbons (Fsp3) is 0.417. The zero-order valence-corrected chi connectivity index (χ0v) is 10.5. The number of hydrogen-bond acceptors (Lipinski definition) is 6. The smallest absolute Gasteiger partial charge is 0.319 e. The largest absolute Gasteiger partial charge is 0.465 e. The Morgan fingerprint density at radius 1 is 1.47 bits per heavy atom. The maximum atomic E-state index is 11.0. The second-order valence-corrected chi connectivity index (χ2v) is 3.80. The molecule has 1 aromatic carbocycles. The maximum Gasteiger partial charge on any atom is 0.319 e. The minimum absolute atomic E-state index is 0.0118. The highest BCUT2D eigenvalue weighted by Gasteiger charge is 2.11. The number of nitrogens with zero attached hydrogens (tertiary/aromatic N) is 1. The predicted molar refractivity (Wildman–Crippen MR) is 67.6 cm³/mol. The van der Waals surface area contributed by atoms with Crippen molar-refractivity contribution in [2.75, 3.05) is 19.7 Å². The summed E-state index contributed by atoms with van der Waals surface area (Å²) >= 11 is 0. The van der Waals surface area contributed by atoms with Gasteiger partial charge in [0.15, 0.2) is 0 Å². The van der Waals surface area contributed by atoms with E-state index in [9.17, 15) is 20.0 Å². The number of esters is 1. The molecule has 7 nitrogen and oxygen atoms in total. The van der Waals surface area contributed by atoms with Crippen molar-refractivity contribution in [2.45, 2.75) is 13.0 Å². The van der Waals surface area contributed by atoms with E-state index in [-0.39, 0.29) is 18.8 Å². The van der Waals surface area contributed by atoms with Crippen LogP contribution in [0.2, 0.25) is 0 Å². The molecular weight excluding hydrogens is 252 g/mol. The molecule has 7 heteroatoms. The van der Waals surface area contributed by atoms with Gasteiger partial charge in [0, 0.05) is 18.7 Å². The van der Waals surface area contributed by atoms with Gasteiger partial charge in [0.05, 0.1) is 24.2 Å². The number of nitrogens with one attached hydrogen (secondary N) is 1. The topological polar surface area (TPSA) is 102 Å². The number of nitro groups is 1. The fourth-order valence-electron chi connectivity index (χ4n) is 1.46. The minimum atomic E-state index is -0.838. The monoisotopic (exact) mass is 268 g/mol. The number of benzene rings is 1. The van der Waals surface area contributed by atoms with Crippen molar-refractivity contribution in [3.8, 4) is 0 Å². The van der Waals surface area contributed by atoms with E-state index in [1.807, 2.05) is 0 Å². The van der Waals surface area contributed by atoms with E-state index < -0.39 is 17.0 Å². The molecule has 1 atom stereocenters. The highest BCUT2D eigenvalue weighted by Crippen LogP contribution is 2.17. The van der Waals surface area contributed by atoms with Gasteiger partial charge in [0.25, 0.3) is 5.69 Å². The number of aliphatic hydroxyl groups is 1. The number of hydrogen-bond donors (Lipinski definition) is 2. The lowest BCUT2D eigenvalue weighted by molar-refractivity contribution is -0.384. The van der Waals surface area contributed by atoms with Crippen molar-refractivity contribution in [3.05, 3.63) is 39.9 Å². The number of nitro benzene ring substituents is 1. The third-order valence-electron chi connectivity index (χ3n) is 2.40. The van der Waals surface area contributed by atoms with Crippen LogP contribution < -0.4 is 5.32 Å². The molecule has 0 aromatic heterocycles. The summed E-state index contributed by atoms with van der Waals surface area (Å²) in [5.41, 5.74) is 0.511. The van der Waals surface area contributed by atoms with Crippen molar-refractivity contribution < 1.29 is 19.6 Å². The van der Waals surface area contributed by atoms with Crippen molar-refractivity contribution in [3.63, 3.8) is 0 Å². The van der Waals surface area contributed by atoms with E-state index in [4.69, 9.17) is 4.74 Å². The van der Waals surface area contributed by atoms with Crippen molar-refractivity contribution in [2.24, 2.45) is 0 Å². The van der Waals surface area contributed by atoms with Crippen LogP contribution in [-0.2, 0) is 9.53 Å². The van der Waals surface area contributed by atoms with Crippen LogP contribution in [0.1, 0.15) is 18.6 Å². The zero-order valence-electron chi connectivity index (χ0n) is 10.5. The lowest BCUT2D eigenvalue weighted by Gasteiger charge is -2.11. The molecule has 0 heterocycles. The van der Waals surface area contributed by atoms with Gasteiger partial charge in [-0.3, -0.25) is 14.9 Å². The molecule has 0 saturated heterocycles. The van der Waals surface area contributed by atoms with Crippen molar-refractivity contribution in [1.82, 2.24) is 5.32 Å². The van der Waals surface area contributed by atoms with Gasteiger partial charge < -0.3 is 15.2 Å². The molecule has 104 valence electrons. The van der Waals surface area contributed by atoms with E-state index in [1.54, 1.807) is 6.92 Å². The first kappa shape index (κ1) is 15.1. The Morgan fingerprint density at radius 2 is 2.11 bits per heavy atom. The van der Waals surface area contributed by atoms with E-state index in [1.165, 1.54) is 24.3 Å². The number of carbonyl (C=O) groups is 1. The molecule has 1 aromatic rings. The highest BCUT2D eigenvalue weighted by molar-refractivity contribution is 5.71. The summed E-state index contributed by atoms with van der Waals surface area (Å²) in [6.45, 7) is 2.20. The van der Waals surface area contributed by atoms with E-state index in [0.717, 1.165) is 0 Å². The summed E-state index contributed by atoms with van der Waals surface area (Å²) in [7, 11) is 0. The quantitative estimate of drug-likeness (QED) is 0.430. The van der Waals surface area contributed by atoms with Crippen LogP contribution in [0.25, 0.3) is 0 Å². The molecule has 0 saturated carbocycles. The molecule has 1 unspecified atom stereocenters. The Morgan fingerprint density at radius 3 is 2.63 bits per heavy atom. The van der Waals surface area contributed by atoms with Crippen LogP contribution in [0, 0.1) is 10.1 Å². The number of carbonyl (C=O) groups excluding carboxylic acids is 1. The summed E-state index contributed by atoms with van der Waals surface area (Å²) < 4.78 is 4.71. The third kappa shape index (κ3) is 5.02. The van der Waals surface area contributed by atoms with Gasteiger partial charge in [-0.1, -0.05) is 0 Å². The van der Waals surface area contributed by atoms with E-state index in [2.05, 4.69) is 5.32 Å². The van der Waals surface area contributed by atoms with Gasteiger partial charge in [-0.2, -0.15) is 0 Å². The Labute approximate surface area is 110 Å². The number of rotatable bonds is 7. The van der Waals surface area contributed by atoms with Gasteiger partial charge >= 0.3 is 5.97 Å². The van der Waals surface area contributed by atoms with Gasteiger partial charge in [-0.05, 0) is 24.6 Å². The van der Waals surface area contributed by atoms with Gasteiger partial charge in [0.1, 0.15) is 0 Å². The van der Waals surface area contributed by atoms with E-state index in [0.29, 0.717) is 12.2 Å². The molecule has 0 bridgehead atoms. The summed E-state index contributed by atoms with van der Waals surface area (Å²) in [6, 6.07) is 5.61. The van der Waals surface area contributed by atoms with Crippen LogP contribution in [0.15, 0.2) is 24.3 Å². The molecule has 0 fully saturated rings. The zero-order chi connectivity index (χ0) is 14.3. The summed E-state index contributed by atoms with van der Waals surface area (Å²) in [6.07, 6.45) is -0.838. The summed E-state index contributed by atoms with van der Waals surface area (Å²) in [5.74, 6) is -0.390.